The summed E-state index contributed by atoms with van der Waals surface area (Å²) in [5.41, 5.74) is 0. The third kappa shape index (κ3) is 2.11. The van der Waals surface area contributed by atoms with E-state index < -0.39 is 0 Å². The zero-order chi connectivity index (χ0) is 11.5. The van der Waals surface area contributed by atoms with Gasteiger partial charge in [-0.05, 0) is 12.3 Å². The molecule has 0 atom stereocenters. The van der Waals surface area contributed by atoms with Gasteiger partial charge >= 0.3 is 0 Å². The number of hydrogen-bond acceptors (Lipinski definition) is 5. The molecule has 1 aromatic heterocycles. The van der Waals surface area contributed by atoms with Gasteiger partial charge in [0.15, 0.2) is 5.16 Å². The van der Waals surface area contributed by atoms with Crippen LogP contribution in [-0.4, -0.2) is 42.3 Å². The summed E-state index contributed by atoms with van der Waals surface area (Å²) in [6.07, 6.45) is 3.70. The largest absolute Gasteiger partial charge is 0.359 e. The molecular weight excluding hydrogens is 224 g/mol. The van der Waals surface area contributed by atoms with Gasteiger partial charge in [-0.2, -0.15) is 0 Å². The molecule has 1 fully saturated rings. The highest BCUT2D eigenvalue weighted by Gasteiger charge is 2.32. The Bertz CT molecular complexity index is 392. The fourth-order valence-electron chi connectivity index (χ4n) is 1.64. The molecule has 1 aliphatic heterocycles. The van der Waals surface area contributed by atoms with Gasteiger partial charge in [0.25, 0.3) is 0 Å². The Hall–Kier alpha value is -1.30. The van der Waals surface area contributed by atoms with E-state index in [2.05, 4.69) is 20.2 Å². The van der Waals surface area contributed by atoms with Crippen LogP contribution in [0.15, 0.2) is 17.4 Å². The SMILES string of the molecule is CNC(=O)C1CN(c2ccnc(SC)n2)C1. The van der Waals surface area contributed by atoms with Crippen molar-refractivity contribution < 1.29 is 4.79 Å². The van der Waals surface area contributed by atoms with Gasteiger partial charge in [0.05, 0.1) is 5.92 Å². The van der Waals surface area contributed by atoms with Crippen molar-refractivity contribution in [2.75, 3.05) is 31.3 Å². The normalized spacial score (nSPS) is 15.8. The summed E-state index contributed by atoms with van der Waals surface area (Å²) in [6.45, 7) is 1.48. The molecule has 2 rings (SSSR count). The van der Waals surface area contributed by atoms with Crippen molar-refractivity contribution in [2.24, 2.45) is 5.92 Å². The standard InChI is InChI=1S/C10H14N4OS/c1-11-9(15)7-5-14(6-7)8-3-4-12-10(13-8)16-2/h3-4,7H,5-6H2,1-2H3,(H,11,15). The first kappa shape index (κ1) is 11.2. The highest BCUT2D eigenvalue weighted by atomic mass is 32.2. The summed E-state index contributed by atoms with van der Waals surface area (Å²) in [5.74, 6) is 1.10. The number of aromatic nitrogens is 2. The molecule has 1 amide bonds. The van der Waals surface area contributed by atoms with Gasteiger partial charge in [-0.1, -0.05) is 11.8 Å². The van der Waals surface area contributed by atoms with Crippen LogP contribution in [0.1, 0.15) is 0 Å². The fraction of sp³-hybridized carbons (Fsp3) is 0.500. The number of carbonyl (C=O) groups is 1. The maximum atomic E-state index is 11.3. The molecule has 16 heavy (non-hydrogen) atoms. The molecule has 1 aromatic rings. The lowest BCUT2D eigenvalue weighted by Crippen LogP contribution is -2.53. The molecule has 86 valence electrons. The highest BCUT2D eigenvalue weighted by Crippen LogP contribution is 2.23. The van der Waals surface area contributed by atoms with Crippen molar-refractivity contribution in [1.29, 1.82) is 0 Å². The van der Waals surface area contributed by atoms with E-state index in [9.17, 15) is 4.79 Å². The van der Waals surface area contributed by atoms with Crippen LogP contribution in [0.5, 0.6) is 0 Å². The summed E-state index contributed by atoms with van der Waals surface area (Å²) in [4.78, 5) is 21.9. The van der Waals surface area contributed by atoms with Crippen molar-refractivity contribution in [3.8, 4) is 0 Å². The van der Waals surface area contributed by atoms with E-state index in [4.69, 9.17) is 0 Å². The van der Waals surface area contributed by atoms with Crippen molar-refractivity contribution in [3.05, 3.63) is 12.3 Å². The summed E-state index contributed by atoms with van der Waals surface area (Å²) in [7, 11) is 1.67. The summed E-state index contributed by atoms with van der Waals surface area (Å²) in [6, 6.07) is 1.87. The predicted molar refractivity (Wildman–Crippen MR) is 63.6 cm³/mol. The quantitative estimate of drug-likeness (QED) is 0.609. The van der Waals surface area contributed by atoms with Crippen LogP contribution in [-0.2, 0) is 4.79 Å². The number of rotatable bonds is 3. The molecule has 0 spiro atoms. The number of nitrogens with zero attached hydrogens (tertiary/aromatic N) is 3. The molecule has 1 aliphatic rings. The first-order valence-corrected chi connectivity index (χ1v) is 6.30. The zero-order valence-corrected chi connectivity index (χ0v) is 10.1. The second-order valence-corrected chi connectivity index (χ2v) is 4.39. The number of amides is 1. The average molecular weight is 238 g/mol. The minimum Gasteiger partial charge on any atom is -0.359 e. The highest BCUT2D eigenvalue weighted by molar-refractivity contribution is 7.98. The Morgan fingerprint density at radius 1 is 1.62 bits per heavy atom. The second kappa shape index (κ2) is 4.69. The van der Waals surface area contributed by atoms with Crippen LogP contribution in [0.3, 0.4) is 0 Å². The Morgan fingerprint density at radius 2 is 2.38 bits per heavy atom. The predicted octanol–water partition coefficient (Wildman–Crippen LogP) is 0.381. The average Bonchev–Trinajstić information content (AvgIpc) is 2.27. The van der Waals surface area contributed by atoms with Crippen LogP contribution in [0.2, 0.25) is 0 Å². The molecule has 0 unspecified atom stereocenters. The van der Waals surface area contributed by atoms with E-state index in [0.717, 1.165) is 24.1 Å². The summed E-state index contributed by atoms with van der Waals surface area (Å²) < 4.78 is 0. The summed E-state index contributed by atoms with van der Waals surface area (Å²) >= 11 is 1.52. The van der Waals surface area contributed by atoms with Gasteiger partial charge < -0.3 is 10.2 Å². The molecule has 6 heteroatoms. The lowest BCUT2D eigenvalue weighted by Gasteiger charge is -2.38. The van der Waals surface area contributed by atoms with Crippen molar-refractivity contribution in [1.82, 2.24) is 15.3 Å². The van der Waals surface area contributed by atoms with E-state index in [1.54, 1.807) is 13.2 Å². The first-order valence-electron chi connectivity index (χ1n) is 5.08. The van der Waals surface area contributed by atoms with E-state index in [0.29, 0.717) is 0 Å². The molecule has 5 nitrogen and oxygen atoms in total. The van der Waals surface area contributed by atoms with Crippen LogP contribution in [0.25, 0.3) is 0 Å². The lowest BCUT2D eigenvalue weighted by molar-refractivity contribution is -0.125. The van der Waals surface area contributed by atoms with Gasteiger partial charge in [-0.15, -0.1) is 0 Å². The number of nitrogens with one attached hydrogen (secondary N) is 1. The number of anilines is 1. The van der Waals surface area contributed by atoms with Crippen molar-refractivity contribution in [2.45, 2.75) is 5.16 Å². The molecule has 0 radical (unpaired) electrons. The van der Waals surface area contributed by atoms with E-state index in [1.165, 1.54) is 11.8 Å². The Labute approximate surface area is 98.6 Å². The van der Waals surface area contributed by atoms with Crippen molar-refractivity contribution >= 4 is 23.5 Å². The van der Waals surface area contributed by atoms with Gasteiger partial charge in [0.2, 0.25) is 5.91 Å². The maximum Gasteiger partial charge on any atom is 0.226 e. The van der Waals surface area contributed by atoms with Crippen molar-refractivity contribution in [3.63, 3.8) is 0 Å². The molecule has 1 saturated heterocycles. The van der Waals surface area contributed by atoms with E-state index >= 15 is 0 Å². The van der Waals surface area contributed by atoms with Crippen LogP contribution in [0.4, 0.5) is 5.82 Å². The Kier molecular flexibility index (Phi) is 3.28. The molecule has 0 aromatic carbocycles. The van der Waals surface area contributed by atoms with E-state index in [-0.39, 0.29) is 11.8 Å². The minimum absolute atomic E-state index is 0.0951. The Balaban J connectivity index is 1.98. The minimum atomic E-state index is 0.0951. The monoisotopic (exact) mass is 238 g/mol. The smallest absolute Gasteiger partial charge is 0.226 e. The van der Waals surface area contributed by atoms with E-state index in [1.807, 2.05) is 12.3 Å². The number of thioether (sulfide) groups is 1. The van der Waals surface area contributed by atoms with Crippen LogP contribution >= 0.6 is 11.8 Å². The molecule has 0 bridgehead atoms. The summed E-state index contributed by atoms with van der Waals surface area (Å²) in [5, 5.41) is 3.42. The van der Waals surface area contributed by atoms with Crippen LogP contribution < -0.4 is 10.2 Å². The number of carbonyl (C=O) groups excluding carboxylic acids is 1. The maximum absolute atomic E-state index is 11.3. The number of hydrogen-bond donors (Lipinski definition) is 1. The topological polar surface area (TPSA) is 58.1 Å². The fourth-order valence-corrected chi connectivity index (χ4v) is 1.99. The molecule has 0 saturated carbocycles. The first-order chi connectivity index (χ1) is 7.74. The molecular formula is C10H14N4OS. The lowest BCUT2D eigenvalue weighted by atomic mass is 9.99. The van der Waals surface area contributed by atoms with Gasteiger partial charge in [0.1, 0.15) is 5.82 Å². The van der Waals surface area contributed by atoms with Crippen LogP contribution in [0, 0.1) is 5.92 Å². The van der Waals surface area contributed by atoms with Gasteiger partial charge in [-0.25, -0.2) is 9.97 Å². The van der Waals surface area contributed by atoms with Gasteiger partial charge in [-0.3, -0.25) is 4.79 Å². The molecule has 1 N–H and O–H groups in total. The zero-order valence-electron chi connectivity index (χ0n) is 9.30. The van der Waals surface area contributed by atoms with Gasteiger partial charge in [0, 0.05) is 26.3 Å². The third-order valence-electron chi connectivity index (χ3n) is 2.62. The second-order valence-electron chi connectivity index (χ2n) is 3.62. The molecule has 2 heterocycles. The molecule has 0 aliphatic carbocycles. The third-order valence-corrected chi connectivity index (χ3v) is 3.19. The Morgan fingerprint density at radius 3 is 3.00 bits per heavy atom.